The summed E-state index contributed by atoms with van der Waals surface area (Å²) in [6.07, 6.45) is 0. The molecule has 2 rings (SSSR count). The normalized spacial score (nSPS) is 10.1. The van der Waals surface area contributed by atoms with Gasteiger partial charge < -0.3 is 14.6 Å². The molecule has 1 N–H and O–H groups in total. The van der Waals surface area contributed by atoms with Gasteiger partial charge in [0.05, 0.1) is 7.11 Å². The number of Topliss-reactive ketones (excluding diaryl/α,β-unsaturated/α-hetero) is 1. The van der Waals surface area contributed by atoms with Crippen LogP contribution in [0.2, 0.25) is 0 Å². The molecule has 0 heterocycles. The van der Waals surface area contributed by atoms with Crippen LogP contribution in [0.3, 0.4) is 0 Å². The van der Waals surface area contributed by atoms with Crippen molar-refractivity contribution in [2.24, 2.45) is 0 Å². The topological polar surface area (TPSA) is 55.8 Å². The van der Waals surface area contributed by atoms with E-state index >= 15 is 0 Å². The highest BCUT2D eigenvalue weighted by molar-refractivity contribution is 6.00. The van der Waals surface area contributed by atoms with Crippen molar-refractivity contribution in [3.05, 3.63) is 53.6 Å². The monoisotopic (exact) mass is 272 g/mol. The minimum absolute atomic E-state index is 0.110. The number of ketones is 1. The third-order valence-electron chi connectivity index (χ3n) is 2.89. The maximum Gasteiger partial charge on any atom is 0.175 e. The highest BCUT2D eigenvalue weighted by Gasteiger charge is 2.18. The van der Waals surface area contributed by atoms with Crippen molar-refractivity contribution >= 4 is 5.78 Å². The lowest BCUT2D eigenvalue weighted by atomic mass is 10.1. The maximum absolute atomic E-state index is 11.6. The number of carbonyl (C=O) groups is 1. The number of phenols is 1. The van der Waals surface area contributed by atoms with E-state index < -0.39 is 0 Å². The Morgan fingerprint density at radius 1 is 1.15 bits per heavy atom. The van der Waals surface area contributed by atoms with Gasteiger partial charge >= 0.3 is 0 Å². The predicted molar refractivity (Wildman–Crippen MR) is 75.4 cm³/mol. The van der Waals surface area contributed by atoms with Crippen LogP contribution in [0.25, 0.3) is 0 Å². The van der Waals surface area contributed by atoms with E-state index in [-0.39, 0.29) is 22.8 Å². The highest BCUT2D eigenvalue weighted by atomic mass is 16.5. The van der Waals surface area contributed by atoms with Gasteiger partial charge in [-0.2, -0.15) is 0 Å². The van der Waals surface area contributed by atoms with E-state index in [2.05, 4.69) is 0 Å². The standard InChI is InChI=1S/C16H16O4/c1-11(17)15-13(18)8-9-14(16(15)19-2)20-10-12-6-4-3-5-7-12/h3-9,18H,10H2,1-2H3. The highest BCUT2D eigenvalue weighted by Crippen LogP contribution is 2.37. The Morgan fingerprint density at radius 3 is 2.45 bits per heavy atom. The molecule has 20 heavy (non-hydrogen) atoms. The molecular weight excluding hydrogens is 256 g/mol. The van der Waals surface area contributed by atoms with Gasteiger partial charge in [-0.3, -0.25) is 4.79 Å². The summed E-state index contributed by atoms with van der Waals surface area (Å²) in [5.41, 5.74) is 1.14. The summed E-state index contributed by atoms with van der Waals surface area (Å²) < 4.78 is 10.9. The van der Waals surface area contributed by atoms with Crippen molar-refractivity contribution in [2.45, 2.75) is 13.5 Å². The molecule has 0 spiro atoms. The minimum Gasteiger partial charge on any atom is -0.507 e. The molecule has 0 saturated heterocycles. The zero-order chi connectivity index (χ0) is 14.5. The van der Waals surface area contributed by atoms with Crippen LogP contribution in [0.5, 0.6) is 17.2 Å². The summed E-state index contributed by atoms with van der Waals surface area (Å²) in [7, 11) is 1.44. The van der Waals surface area contributed by atoms with Crippen molar-refractivity contribution in [2.75, 3.05) is 7.11 Å². The van der Waals surface area contributed by atoms with Gasteiger partial charge in [-0.25, -0.2) is 0 Å². The van der Waals surface area contributed by atoms with E-state index in [1.807, 2.05) is 30.3 Å². The quantitative estimate of drug-likeness (QED) is 0.849. The third-order valence-corrected chi connectivity index (χ3v) is 2.89. The molecule has 2 aromatic rings. The number of carbonyl (C=O) groups excluding carboxylic acids is 1. The van der Waals surface area contributed by atoms with Gasteiger partial charge in [0, 0.05) is 0 Å². The molecule has 0 aliphatic rings. The van der Waals surface area contributed by atoms with Gasteiger partial charge in [0.1, 0.15) is 17.9 Å². The molecule has 0 fully saturated rings. The number of methoxy groups -OCH3 is 1. The molecular formula is C16H16O4. The number of phenolic OH excluding ortho intramolecular Hbond substituents is 1. The molecule has 104 valence electrons. The minimum atomic E-state index is -0.274. The van der Waals surface area contributed by atoms with Crippen LogP contribution in [0.4, 0.5) is 0 Å². The summed E-state index contributed by atoms with van der Waals surface area (Å²) in [6, 6.07) is 12.7. The number of hydrogen-bond acceptors (Lipinski definition) is 4. The second-order valence-electron chi connectivity index (χ2n) is 4.32. The van der Waals surface area contributed by atoms with E-state index in [0.717, 1.165) is 5.56 Å². The van der Waals surface area contributed by atoms with Crippen molar-refractivity contribution in [1.82, 2.24) is 0 Å². The summed E-state index contributed by atoms with van der Waals surface area (Å²) in [5, 5.41) is 9.75. The maximum atomic E-state index is 11.6. The first kappa shape index (κ1) is 13.9. The largest absolute Gasteiger partial charge is 0.507 e. The summed E-state index contributed by atoms with van der Waals surface area (Å²) in [4.78, 5) is 11.6. The fraction of sp³-hybridized carbons (Fsp3) is 0.188. The SMILES string of the molecule is COc1c(OCc2ccccc2)ccc(O)c1C(C)=O. The van der Waals surface area contributed by atoms with Crippen molar-refractivity contribution in [3.63, 3.8) is 0 Å². The van der Waals surface area contributed by atoms with Crippen LogP contribution in [0.1, 0.15) is 22.8 Å². The van der Waals surface area contributed by atoms with Gasteiger partial charge in [0.25, 0.3) is 0 Å². The van der Waals surface area contributed by atoms with Crippen LogP contribution < -0.4 is 9.47 Å². The van der Waals surface area contributed by atoms with E-state index in [0.29, 0.717) is 12.4 Å². The molecule has 0 radical (unpaired) electrons. The Labute approximate surface area is 117 Å². The Hall–Kier alpha value is -2.49. The summed E-state index contributed by atoms with van der Waals surface area (Å²) in [5.74, 6) is 0.304. The molecule has 4 heteroatoms. The lowest BCUT2D eigenvalue weighted by Crippen LogP contribution is -2.03. The molecule has 0 aromatic heterocycles. The fourth-order valence-corrected chi connectivity index (χ4v) is 1.95. The Kier molecular flexibility index (Phi) is 4.25. The Bertz CT molecular complexity index is 605. The zero-order valence-corrected chi connectivity index (χ0v) is 11.4. The van der Waals surface area contributed by atoms with Gasteiger partial charge in [0.15, 0.2) is 17.3 Å². The van der Waals surface area contributed by atoms with Gasteiger partial charge in [0.2, 0.25) is 0 Å². The molecule has 0 bridgehead atoms. The van der Waals surface area contributed by atoms with Crippen LogP contribution >= 0.6 is 0 Å². The molecule has 2 aromatic carbocycles. The van der Waals surface area contributed by atoms with Gasteiger partial charge in [-0.15, -0.1) is 0 Å². The van der Waals surface area contributed by atoms with Crippen molar-refractivity contribution in [3.8, 4) is 17.2 Å². The number of benzene rings is 2. The number of hydrogen-bond donors (Lipinski definition) is 1. The van der Waals surface area contributed by atoms with E-state index in [4.69, 9.17) is 9.47 Å². The molecule has 4 nitrogen and oxygen atoms in total. The first-order chi connectivity index (χ1) is 9.63. The van der Waals surface area contributed by atoms with Gasteiger partial charge in [-0.1, -0.05) is 30.3 Å². The predicted octanol–water partition coefficient (Wildman–Crippen LogP) is 3.18. The number of rotatable bonds is 5. The summed E-state index contributed by atoms with van der Waals surface area (Å²) >= 11 is 0. The van der Waals surface area contributed by atoms with Gasteiger partial charge in [-0.05, 0) is 24.6 Å². The van der Waals surface area contributed by atoms with Crippen LogP contribution in [-0.4, -0.2) is 18.0 Å². The number of aromatic hydroxyl groups is 1. The molecule has 0 atom stereocenters. The van der Waals surface area contributed by atoms with E-state index in [1.54, 1.807) is 6.07 Å². The number of ether oxygens (including phenoxy) is 2. The van der Waals surface area contributed by atoms with Crippen LogP contribution in [0.15, 0.2) is 42.5 Å². The fourth-order valence-electron chi connectivity index (χ4n) is 1.95. The van der Waals surface area contributed by atoms with E-state index in [9.17, 15) is 9.90 Å². The van der Waals surface area contributed by atoms with Crippen LogP contribution in [0, 0.1) is 0 Å². The second-order valence-corrected chi connectivity index (χ2v) is 4.32. The molecule has 0 unspecified atom stereocenters. The molecule has 0 amide bonds. The first-order valence-corrected chi connectivity index (χ1v) is 6.21. The van der Waals surface area contributed by atoms with Crippen LogP contribution in [-0.2, 0) is 6.61 Å². The average molecular weight is 272 g/mol. The average Bonchev–Trinajstić information content (AvgIpc) is 2.46. The Morgan fingerprint density at radius 2 is 1.85 bits per heavy atom. The lowest BCUT2D eigenvalue weighted by molar-refractivity contribution is 0.101. The van der Waals surface area contributed by atoms with Crippen molar-refractivity contribution in [1.29, 1.82) is 0 Å². The first-order valence-electron chi connectivity index (χ1n) is 6.21. The van der Waals surface area contributed by atoms with E-state index in [1.165, 1.54) is 20.1 Å². The molecule has 0 saturated carbocycles. The smallest absolute Gasteiger partial charge is 0.175 e. The third kappa shape index (κ3) is 2.91. The Balaban J connectivity index is 2.28. The zero-order valence-electron chi connectivity index (χ0n) is 11.4. The second kappa shape index (κ2) is 6.10. The lowest BCUT2D eigenvalue weighted by Gasteiger charge is -2.14. The van der Waals surface area contributed by atoms with Crippen molar-refractivity contribution < 1.29 is 19.4 Å². The molecule has 0 aliphatic carbocycles. The summed E-state index contributed by atoms with van der Waals surface area (Å²) in [6.45, 7) is 1.73. The molecule has 0 aliphatic heterocycles.